The van der Waals surface area contributed by atoms with Crippen LogP contribution in [0.3, 0.4) is 0 Å². The Labute approximate surface area is 109 Å². The zero-order valence-corrected chi connectivity index (χ0v) is 12.4. The third-order valence-electron chi connectivity index (χ3n) is 3.07. The van der Waals surface area contributed by atoms with E-state index in [1.807, 2.05) is 0 Å². The summed E-state index contributed by atoms with van der Waals surface area (Å²) in [6.07, 6.45) is 0. The van der Waals surface area contributed by atoms with Crippen molar-refractivity contribution in [1.29, 1.82) is 0 Å². The molecule has 1 aromatic carbocycles. The standard InChI is InChI=1S/C14H23N2Si/c1-5-16(6-2)10-15-12-8-7-9-13(17)14(12)11(3)4/h7-9,11,15H,5-6,10H2,1-4H3. The Kier molecular flexibility index (Phi) is 5.72. The van der Waals surface area contributed by atoms with Gasteiger partial charge >= 0.3 is 0 Å². The molecule has 17 heavy (non-hydrogen) atoms. The normalized spacial score (nSPS) is 11.2. The quantitative estimate of drug-likeness (QED) is 0.613. The average molecular weight is 247 g/mol. The van der Waals surface area contributed by atoms with Crippen molar-refractivity contribution in [2.45, 2.75) is 33.6 Å². The number of benzene rings is 1. The van der Waals surface area contributed by atoms with Crippen LogP contribution in [-0.4, -0.2) is 34.9 Å². The zero-order chi connectivity index (χ0) is 12.8. The number of nitrogens with zero attached hydrogens (tertiary/aromatic N) is 1. The van der Waals surface area contributed by atoms with Crippen LogP contribution in [0.15, 0.2) is 18.2 Å². The minimum Gasteiger partial charge on any atom is -0.372 e. The molecule has 0 unspecified atom stereocenters. The summed E-state index contributed by atoms with van der Waals surface area (Å²) in [5.41, 5.74) is 2.59. The molecule has 0 atom stereocenters. The summed E-state index contributed by atoms with van der Waals surface area (Å²) in [6, 6.07) is 6.34. The van der Waals surface area contributed by atoms with Gasteiger partial charge in [0.2, 0.25) is 0 Å². The van der Waals surface area contributed by atoms with Gasteiger partial charge < -0.3 is 5.32 Å². The SMILES string of the molecule is CCN(CC)CNc1cccc([Si])c1C(C)C. The van der Waals surface area contributed by atoms with Gasteiger partial charge in [-0.25, -0.2) is 0 Å². The number of hydrogen-bond donors (Lipinski definition) is 1. The molecule has 0 aromatic heterocycles. The summed E-state index contributed by atoms with van der Waals surface area (Å²) in [7, 11) is 3.69. The highest BCUT2D eigenvalue weighted by Crippen LogP contribution is 2.21. The van der Waals surface area contributed by atoms with E-state index < -0.39 is 0 Å². The molecule has 0 fully saturated rings. The van der Waals surface area contributed by atoms with Crippen LogP contribution in [0.2, 0.25) is 0 Å². The monoisotopic (exact) mass is 247 g/mol. The number of anilines is 1. The van der Waals surface area contributed by atoms with Crippen molar-refractivity contribution < 1.29 is 0 Å². The molecule has 0 aliphatic heterocycles. The maximum atomic E-state index is 3.69. The topological polar surface area (TPSA) is 15.3 Å². The largest absolute Gasteiger partial charge is 0.372 e. The Morgan fingerprint density at radius 1 is 1.24 bits per heavy atom. The predicted molar refractivity (Wildman–Crippen MR) is 77.3 cm³/mol. The van der Waals surface area contributed by atoms with E-state index in [-0.39, 0.29) is 0 Å². The van der Waals surface area contributed by atoms with Crippen molar-refractivity contribution in [3.8, 4) is 0 Å². The van der Waals surface area contributed by atoms with E-state index in [0.29, 0.717) is 5.92 Å². The molecule has 1 aromatic rings. The first-order chi connectivity index (χ1) is 8.10. The first kappa shape index (κ1) is 14.3. The average Bonchev–Trinajstić information content (AvgIpc) is 2.29. The van der Waals surface area contributed by atoms with Crippen molar-refractivity contribution in [2.24, 2.45) is 0 Å². The highest BCUT2D eigenvalue weighted by atomic mass is 28.1. The van der Waals surface area contributed by atoms with Crippen LogP contribution in [0.5, 0.6) is 0 Å². The van der Waals surface area contributed by atoms with E-state index in [0.717, 1.165) is 19.8 Å². The fourth-order valence-corrected chi connectivity index (χ4v) is 2.51. The summed E-state index contributed by atoms with van der Waals surface area (Å²) in [6.45, 7) is 11.9. The highest BCUT2D eigenvalue weighted by molar-refractivity contribution is 6.33. The molecular weight excluding hydrogens is 224 g/mol. The number of hydrogen-bond acceptors (Lipinski definition) is 2. The van der Waals surface area contributed by atoms with E-state index >= 15 is 0 Å². The lowest BCUT2D eigenvalue weighted by Gasteiger charge is -2.22. The molecule has 0 saturated heterocycles. The fraction of sp³-hybridized carbons (Fsp3) is 0.571. The van der Waals surface area contributed by atoms with Gasteiger partial charge in [-0.3, -0.25) is 4.90 Å². The van der Waals surface area contributed by atoms with Gasteiger partial charge in [-0.2, -0.15) is 0 Å². The first-order valence-electron chi connectivity index (χ1n) is 6.40. The van der Waals surface area contributed by atoms with Gasteiger partial charge in [0.05, 0.1) is 16.9 Å². The van der Waals surface area contributed by atoms with Gasteiger partial charge in [0.1, 0.15) is 0 Å². The van der Waals surface area contributed by atoms with Crippen LogP contribution in [0.25, 0.3) is 0 Å². The Hall–Kier alpha value is -0.803. The summed E-state index contributed by atoms with van der Waals surface area (Å²) < 4.78 is 0. The molecule has 2 nitrogen and oxygen atoms in total. The molecule has 0 spiro atoms. The summed E-state index contributed by atoms with van der Waals surface area (Å²) in [5.74, 6) is 0.517. The van der Waals surface area contributed by atoms with E-state index in [4.69, 9.17) is 0 Å². The van der Waals surface area contributed by atoms with E-state index in [2.05, 4.69) is 66.4 Å². The van der Waals surface area contributed by atoms with Crippen molar-refractivity contribution in [3.63, 3.8) is 0 Å². The molecule has 93 valence electrons. The molecule has 0 aliphatic carbocycles. The first-order valence-corrected chi connectivity index (χ1v) is 6.90. The van der Waals surface area contributed by atoms with Crippen molar-refractivity contribution in [1.82, 2.24) is 4.90 Å². The van der Waals surface area contributed by atoms with Gasteiger partial charge in [-0.15, -0.1) is 0 Å². The van der Waals surface area contributed by atoms with E-state index in [1.165, 1.54) is 16.4 Å². The molecule has 3 radical (unpaired) electrons. The Balaban J connectivity index is 2.80. The zero-order valence-electron chi connectivity index (χ0n) is 11.4. The molecule has 0 bridgehead atoms. The van der Waals surface area contributed by atoms with E-state index in [9.17, 15) is 0 Å². The Morgan fingerprint density at radius 2 is 1.88 bits per heavy atom. The van der Waals surface area contributed by atoms with Crippen molar-refractivity contribution in [2.75, 3.05) is 25.1 Å². The predicted octanol–water partition coefficient (Wildman–Crippen LogP) is 2.32. The minimum absolute atomic E-state index is 0.517. The van der Waals surface area contributed by atoms with Gasteiger partial charge in [-0.1, -0.05) is 45.0 Å². The summed E-state index contributed by atoms with van der Waals surface area (Å²) in [5, 5.41) is 4.72. The highest BCUT2D eigenvalue weighted by Gasteiger charge is 2.09. The van der Waals surface area contributed by atoms with Crippen LogP contribution in [0, 0.1) is 0 Å². The van der Waals surface area contributed by atoms with Gasteiger partial charge in [0.15, 0.2) is 0 Å². The molecule has 3 heteroatoms. The molecule has 0 aliphatic rings. The second kappa shape index (κ2) is 6.82. The minimum atomic E-state index is 0.517. The summed E-state index contributed by atoms with van der Waals surface area (Å²) in [4.78, 5) is 2.37. The van der Waals surface area contributed by atoms with Crippen LogP contribution in [0.1, 0.15) is 39.2 Å². The molecular formula is C14H23N2Si. The lowest BCUT2D eigenvalue weighted by atomic mass is 10.0. The third-order valence-corrected chi connectivity index (χ3v) is 3.51. The van der Waals surface area contributed by atoms with Gasteiger partial charge in [0, 0.05) is 5.69 Å². The van der Waals surface area contributed by atoms with Gasteiger partial charge in [0.25, 0.3) is 0 Å². The molecule has 1 rings (SSSR count). The maximum absolute atomic E-state index is 3.69. The molecule has 1 N–H and O–H groups in total. The van der Waals surface area contributed by atoms with Crippen LogP contribution in [0.4, 0.5) is 5.69 Å². The summed E-state index contributed by atoms with van der Waals surface area (Å²) >= 11 is 0. The van der Waals surface area contributed by atoms with Crippen molar-refractivity contribution in [3.05, 3.63) is 23.8 Å². The smallest absolute Gasteiger partial charge is 0.0716 e. The van der Waals surface area contributed by atoms with Crippen LogP contribution >= 0.6 is 0 Å². The number of nitrogens with one attached hydrogen (secondary N) is 1. The van der Waals surface area contributed by atoms with Gasteiger partial charge in [-0.05, 0) is 30.6 Å². The maximum Gasteiger partial charge on any atom is 0.0716 e. The van der Waals surface area contributed by atoms with E-state index in [1.54, 1.807) is 0 Å². The molecule has 0 amide bonds. The van der Waals surface area contributed by atoms with Crippen LogP contribution in [-0.2, 0) is 0 Å². The second-order valence-electron chi connectivity index (χ2n) is 4.56. The third kappa shape index (κ3) is 3.86. The van der Waals surface area contributed by atoms with Crippen LogP contribution < -0.4 is 10.5 Å². The Bertz CT molecular complexity index is 346. The molecule has 0 saturated carbocycles. The second-order valence-corrected chi connectivity index (χ2v) is 5.10. The molecule has 0 heterocycles. The lowest BCUT2D eigenvalue weighted by molar-refractivity contribution is 0.326. The Morgan fingerprint density at radius 3 is 2.41 bits per heavy atom. The number of rotatable bonds is 6. The lowest BCUT2D eigenvalue weighted by Crippen LogP contribution is -2.29. The van der Waals surface area contributed by atoms with Crippen molar-refractivity contribution >= 4 is 21.1 Å². The fourth-order valence-electron chi connectivity index (χ4n) is 1.99.